The van der Waals surface area contributed by atoms with Crippen LogP contribution in [0, 0.1) is 11.3 Å². The van der Waals surface area contributed by atoms with E-state index >= 15 is 0 Å². The quantitative estimate of drug-likeness (QED) is 0.672. The number of pyridine rings is 2. The summed E-state index contributed by atoms with van der Waals surface area (Å²) in [5.74, 6) is 1.77. The van der Waals surface area contributed by atoms with E-state index in [0.717, 1.165) is 11.6 Å². The molecular weight excluding hydrogens is 258 g/mol. The lowest BCUT2D eigenvalue weighted by Crippen LogP contribution is -2.08. The van der Waals surface area contributed by atoms with E-state index in [-0.39, 0.29) is 0 Å². The number of H-pyrrole nitrogens is 1. The predicted molar refractivity (Wildman–Crippen MR) is 77.8 cm³/mol. The van der Waals surface area contributed by atoms with Crippen LogP contribution in [0.25, 0.3) is 5.41 Å². The molecule has 0 aliphatic carbocycles. The molecule has 0 fully saturated rings. The van der Waals surface area contributed by atoms with Crippen molar-refractivity contribution in [2.75, 3.05) is 5.32 Å². The Morgan fingerprint density at radius 1 is 1.32 bits per heavy atom. The first-order valence-electron chi connectivity index (χ1n) is 5.25. The van der Waals surface area contributed by atoms with Gasteiger partial charge in [0, 0.05) is 25.3 Å². The van der Waals surface area contributed by atoms with Gasteiger partial charge in [-0.3, -0.25) is 0 Å². The Morgan fingerprint density at radius 3 is 2.42 bits per heavy atom. The van der Waals surface area contributed by atoms with Crippen LogP contribution in [0.3, 0.4) is 0 Å². The van der Waals surface area contributed by atoms with Gasteiger partial charge >= 0.3 is 0 Å². The second-order valence-electron chi connectivity index (χ2n) is 2.93. The van der Waals surface area contributed by atoms with Gasteiger partial charge in [-0.2, -0.15) is 10.4 Å². The third-order valence-corrected chi connectivity index (χ3v) is 1.64. The van der Waals surface area contributed by atoms with E-state index in [2.05, 4.69) is 27.5 Å². The molecule has 2 aromatic rings. The summed E-state index contributed by atoms with van der Waals surface area (Å²) in [6, 6.07) is 13.3. The Hall–Kier alpha value is -2.61. The molecule has 6 heteroatoms. The Morgan fingerprint density at radius 2 is 1.95 bits per heavy atom. The highest BCUT2D eigenvalue weighted by atomic mass is 32.1. The zero-order chi connectivity index (χ0) is 14.3. The number of hydrogen-bond acceptors (Lipinski definition) is 4. The van der Waals surface area contributed by atoms with Crippen molar-refractivity contribution < 1.29 is 4.98 Å². The summed E-state index contributed by atoms with van der Waals surface area (Å²) >= 11 is 3.70. The lowest BCUT2D eigenvalue weighted by molar-refractivity contribution is -0.360. The van der Waals surface area contributed by atoms with Crippen LogP contribution in [0.2, 0.25) is 0 Å². The molecule has 0 aromatic carbocycles. The van der Waals surface area contributed by atoms with Gasteiger partial charge < -0.3 is 5.41 Å². The molecule has 5 nitrogen and oxygen atoms in total. The monoisotopic (exact) mass is 271 g/mol. The van der Waals surface area contributed by atoms with Crippen LogP contribution in [0.1, 0.15) is 6.92 Å². The maximum atomic E-state index is 7.32. The number of nitriles is 1. The number of nitrogens with zero attached hydrogens (tertiary/aromatic N) is 3. The molecule has 2 heterocycles. The predicted octanol–water partition coefficient (Wildman–Crippen LogP) is 2.83. The number of isothiocyanates is 1. The number of nitrogens with one attached hydrogen (secondary N) is 2. The molecule has 0 radical (unpaired) electrons. The summed E-state index contributed by atoms with van der Waals surface area (Å²) in [6.45, 7) is 1.43. The molecule has 0 amide bonds. The number of anilines is 2. The fraction of sp³-hybridized carbons (Fsp3) is 0.0769. The van der Waals surface area contributed by atoms with Crippen LogP contribution in [-0.4, -0.2) is 10.1 Å². The lowest BCUT2D eigenvalue weighted by atomic mass is 10.4. The minimum Gasteiger partial charge on any atom is -0.753 e. The van der Waals surface area contributed by atoms with Gasteiger partial charge in [-0.25, -0.2) is 15.3 Å². The minimum absolute atomic E-state index is 0.838. The van der Waals surface area contributed by atoms with Gasteiger partial charge in [0.2, 0.25) is 5.82 Å². The van der Waals surface area contributed by atoms with Gasteiger partial charge in [0.05, 0.1) is 12.3 Å². The van der Waals surface area contributed by atoms with E-state index < -0.39 is 0 Å². The third-order valence-electron chi connectivity index (χ3n) is 1.64. The number of hydrogen-bond donors (Lipinski definition) is 1. The van der Waals surface area contributed by atoms with Crippen molar-refractivity contribution >= 4 is 29.0 Å². The Balaban J connectivity index is 0.000000465. The number of aromatic amines is 1. The lowest BCUT2D eigenvalue weighted by Gasteiger charge is -1.94. The summed E-state index contributed by atoms with van der Waals surface area (Å²) in [4.78, 5) is 7.21. The maximum absolute atomic E-state index is 7.32. The number of rotatable bonds is 2. The van der Waals surface area contributed by atoms with Crippen LogP contribution < -0.4 is 10.3 Å². The fourth-order valence-corrected chi connectivity index (χ4v) is 1.05. The van der Waals surface area contributed by atoms with Crippen LogP contribution in [0.5, 0.6) is 0 Å². The smallest absolute Gasteiger partial charge is 0.278 e. The van der Waals surface area contributed by atoms with Gasteiger partial charge in [-0.05, 0) is 12.1 Å². The molecule has 0 aliphatic heterocycles. The topological polar surface area (TPSA) is 85.2 Å². The average molecular weight is 271 g/mol. The van der Waals surface area contributed by atoms with Crippen molar-refractivity contribution in [1.82, 2.24) is 4.98 Å². The molecule has 96 valence electrons. The van der Waals surface area contributed by atoms with Crippen molar-refractivity contribution in [1.29, 1.82) is 5.26 Å². The first-order chi connectivity index (χ1) is 9.28. The SMILES string of the molecule is CC#N.[N-]=C=S.c1ccc(Nc2cccc[nH+]2)nc1. The fourth-order valence-electron chi connectivity index (χ4n) is 1.05. The minimum atomic E-state index is 0.838. The van der Waals surface area contributed by atoms with Crippen molar-refractivity contribution in [3.63, 3.8) is 0 Å². The second kappa shape index (κ2) is 11.9. The van der Waals surface area contributed by atoms with E-state index in [0.29, 0.717) is 0 Å². The van der Waals surface area contributed by atoms with Gasteiger partial charge in [-0.15, -0.1) is 0 Å². The molecule has 0 unspecified atom stereocenters. The maximum Gasteiger partial charge on any atom is 0.278 e. The summed E-state index contributed by atoms with van der Waals surface area (Å²) in [6.07, 6.45) is 3.62. The molecule has 2 N–H and O–H groups in total. The highest BCUT2D eigenvalue weighted by Gasteiger charge is 2.00. The number of aromatic nitrogens is 2. The van der Waals surface area contributed by atoms with Gasteiger partial charge in [0.1, 0.15) is 0 Å². The first kappa shape index (κ1) is 16.4. The largest absolute Gasteiger partial charge is 0.753 e. The summed E-state index contributed by atoms with van der Waals surface area (Å²) in [5, 5.41) is 18.9. The normalized spacial score (nSPS) is 7.37. The van der Waals surface area contributed by atoms with Crippen LogP contribution >= 0.6 is 12.2 Å². The average Bonchev–Trinajstić information content (AvgIpc) is 2.43. The zero-order valence-electron chi connectivity index (χ0n) is 10.4. The molecule has 0 atom stereocenters. The standard InChI is InChI=1S/C10H9N3.C2H3N.CNS/c1-3-7-11-9(5-1)13-10-6-2-4-8-12-10;1-2-3;2-1-3/h1-8H,(H,11,12,13);1H3;/q;;-1/p+1. The van der Waals surface area contributed by atoms with E-state index in [1.54, 1.807) is 12.3 Å². The van der Waals surface area contributed by atoms with Gasteiger partial charge in [-0.1, -0.05) is 24.4 Å². The van der Waals surface area contributed by atoms with Crippen LogP contribution in [-0.2, 0) is 0 Å². The van der Waals surface area contributed by atoms with E-state index in [1.165, 1.54) is 12.1 Å². The molecule has 0 aliphatic rings. The summed E-state index contributed by atoms with van der Waals surface area (Å²) < 4.78 is 0. The van der Waals surface area contributed by atoms with Crippen LogP contribution in [0.4, 0.5) is 11.6 Å². The van der Waals surface area contributed by atoms with Gasteiger partial charge in [0.15, 0.2) is 0 Å². The molecule has 0 bridgehead atoms. The highest BCUT2D eigenvalue weighted by molar-refractivity contribution is 7.78. The summed E-state index contributed by atoms with van der Waals surface area (Å²) in [5.41, 5.74) is 0. The van der Waals surface area contributed by atoms with E-state index in [9.17, 15) is 0 Å². The van der Waals surface area contributed by atoms with E-state index in [1.807, 2.05) is 42.6 Å². The van der Waals surface area contributed by atoms with Crippen molar-refractivity contribution in [3.05, 3.63) is 54.2 Å². The third kappa shape index (κ3) is 9.12. The number of thiocarbonyl (C=S) groups is 1. The second-order valence-corrected chi connectivity index (χ2v) is 3.11. The molecule has 0 spiro atoms. The molecule has 2 rings (SSSR count). The molecular formula is C13H13N5S. The van der Waals surface area contributed by atoms with Crippen molar-refractivity contribution in [2.24, 2.45) is 0 Å². The molecule has 2 aromatic heterocycles. The van der Waals surface area contributed by atoms with Crippen molar-refractivity contribution in [2.45, 2.75) is 6.92 Å². The highest BCUT2D eigenvalue weighted by Crippen LogP contribution is 2.06. The molecule has 19 heavy (non-hydrogen) atoms. The van der Waals surface area contributed by atoms with Gasteiger partial charge in [0.25, 0.3) is 5.82 Å². The first-order valence-corrected chi connectivity index (χ1v) is 5.66. The van der Waals surface area contributed by atoms with Crippen LogP contribution in [0.15, 0.2) is 48.8 Å². The summed E-state index contributed by atoms with van der Waals surface area (Å²) in [7, 11) is 0. The Labute approximate surface area is 117 Å². The van der Waals surface area contributed by atoms with Crippen molar-refractivity contribution in [3.8, 4) is 6.07 Å². The Kier molecular flexibility index (Phi) is 10.2. The molecule has 0 saturated carbocycles. The zero-order valence-corrected chi connectivity index (χ0v) is 11.2. The molecule has 0 saturated heterocycles. The Bertz CT molecular complexity index is 478. The van der Waals surface area contributed by atoms with E-state index in [4.69, 9.17) is 10.7 Å².